The summed E-state index contributed by atoms with van der Waals surface area (Å²) < 4.78 is 7.52. The summed E-state index contributed by atoms with van der Waals surface area (Å²) in [5, 5.41) is 5.72. The van der Waals surface area contributed by atoms with Crippen LogP contribution < -0.4 is 0 Å². The zero-order valence-electron chi connectivity index (χ0n) is 10.6. The molecule has 0 radical (unpaired) electrons. The molecule has 0 aliphatic carbocycles. The second kappa shape index (κ2) is 4.58. The minimum absolute atomic E-state index is 0.590. The van der Waals surface area contributed by atoms with Crippen LogP contribution in [0.5, 0.6) is 0 Å². The summed E-state index contributed by atoms with van der Waals surface area (Å²) in [6.45, 7) is 3.96. The molecule has 0 atom stereocenters. The van der Waals surface area contributed by atoms with Gasteiger partial charge in [-0.05, 0) is 31.5 Å². The third-order valence-electron chi connectivity index (χ3n) is 3.08. The van der Waals surface area contributed by atoms with Crippen LogP contribution in [0.1, 0.15) is 18.4 Å². The lowest BCUT2D eigenvalue weighted by atomic mass is 10.1. The molecule has 3 aromatic rings. The van der Waals surface area contributed by atoms with Crippen molar-refractivity contribution < 1.29 is 4.42 Å². The van der Waals surface area contributed by atoms with Gasteiger partial charge in [-0.3, -0.25) is 0 Å². The van der Waals surface area contributed by atoms with E-state index in [1.54, 1.807) is 10.6 Å². The van der Waals surface area contributed by atoms with Crippen molar-refractivity contribution in [3.05, 3.63) is 45.8 Å². The first-order valence-electron chi connectivity index (χ1n) is 6.03. The zero-order chi connectivity index (χ0) is 13.6. The third-order valence-corrected chi connectivity index (χ3v) is 3.63. The topological polar surface area (TPSA) is 30.4 Å². The Labute approximate surface area is 120 Å². The van der Waals surface area contributed by atoms with Crippen LogP contribution in [0, 0.1) is 6.92 Å². The van der Waals surface area contributed by atoms with Gasteiger partial charge >= 0.3 is 0 Å². The van der Waals surface area contributed by atoms with E-state index in [4.69, 9.17) is 27.6 Å². The lowest BCUT2D eigenvalue weighted by Gasteiger charge is -2.03. The maximum Gasteiger partial charge on any atom is 0.222 e. The van der Waals surface area contributed by atoms with Gasteiger partial charge in [0.2, 0.25) is 5.71 Å². The van der Waals surface area contributed by atoms with Crippen LogP contribution in [0.25, 0.3) is 17.0 Å². The molecular formula is C14H12Cl2N2O. The van der Waals surface area contributed by atoms with Crippen LogP contribution in [0.2, 0.25) is 10.0 Å². The lowest BCUT2D eigenvalue weighted by Crippen LogP contribution is -1.92. The normalized spacial score (nSPS) is 11.4. The van der Waals surface area contributed by atoms with E-state index in [0.717, 1.165) is 34.8 Å². The molecule has 19 heavy (non-hydrogen) atoms. The first-order chi connectivity index (χ1) is 9.10. The molecule has 0 amide bonds. The van der Waals surface area contributed by atoms with Gasteiger partial charge in [0.15, 0.2) is 0 Å². The zero-order valence-corrected chi connectivity index (χ0v) is 12.1. The predicted octanol–water partition coefficient (Wildman–Crippen LogP) is 4.77. The Kier molecular flexibility index (Phi) is 3.03. The highest BCUT2D eigenvalue weighted by atomic mass is 35.5. The van der Waals surface area contributed by atoms with E-state index in [2.05, 4.69) is 12.0 Å². The van der Waals surface area contributed by atoms with E-state index in [1.807, 2.05) is 25.1 Å². The third kappa shape index (κ3) is 2.03. The van der Waals surface area contributed by atoms with E-state index >= 15 is 0 Å². The van der Waals surface area contributed by atoms with Gasteiger partial charge in [-0.2, -0.15) is 9.61 Å². The average Bonchev–Trinajstić information content (AvgIpc) is 2.87. The molecule has 0 aliphatic rings. The molecule has 0 spiro atoms. The minimum Gasteiger partial charge on any atom is -0.441 e. The number of benzene rings is 1. The van der Waals surface area contributed by atoms with Gasteiger partial charge in [0, 0.05) is 16.7 Å². The largest absolute Gasteiger partial charge is 0.441 e. The number of aryl methyl sites for hydroxylation is 2. The van der Waals surface area contributed by atoms with Crippen LogP contribution in [0.15, 0.2) is 28.7 Å². The Morgan fingerprint density at radius 3 is 2.74 bits per heavy atom. The number of hydrogen-bond acceptors (Lipinski definition) is 2. The summed E-state index contributed by atoms with van der Waals surface area (Å²) in [6, 6.07) is 7.36. The fraction of sp³-hybridized carbons (Fsp3) is 0.214. The summed E-state index contributed by atoms with van der Waals surface area (Å²) in [5.41, 5.74) is 3.46. The average molecular weight is 295 g/mol. The molecule has 2 heterocycles. The molecule has 98 valence electrons. The Hall–Kier alpha value is -1.45. The number of fused-ring (bicyclic) bond motifs is 1. The molecule has 0 saturated heterocycles. The first-order valence-corrected chi connectivity index (χ1v) is 6.79. The maximum absolute atomic E-state index is 6.27. The molecule has 0 bridgehead atoms. The van der Waals surface area contributed by atoms with Crippen LogP contribution in [-0.2, 0) is 6.42 Å². The number of nitrogens with zero attached hydrogens (tertiary/aromatic N) is 2. The number of rotatable bonds is 2. The summed E-state index contributed by atoms with van der Waals surface area (Å²) in [6.07, 6.45) is 0.865. The second-order valence-electron chi connectivity index (χ2n) is 4.37. The second-order valence-corrected chi connectivity index (χ2v) is 5.21. The standard InChI is InChI=1S/C14H12Cl2N2O/c1-3-10-7-13-18(17-10)14(8(2)19-13)11-5-4-9(15)6-12(11)16/h4-7H,3H2,1-2H3. The highest BCUT2D eigenvalue weighted by Gasteiger charge is 2.17. The van der Waals surface area contributed by atoms with Crippen molar-refractivity contribution >= 4 is 28.9 Å². The van der Waals surface area contributed by atoms with Gasteiger partial charge < -0.3 is 4.42 Å². The van der Waals surface area contributed by atoms with Crippen LogP contribution in [-0.4, -0.2) is 9.61 Å². The highest BCUT2D eigenvalue weighted by molar-refractivity contribution is 6.36. The molecular weight excluding hydrogens is 283 g/mol. The minimum atomic E-state index is 0.590. The van der Waals surface area contributed by atoms with E-state index in [1.165, 1.54) is 0 Å². The smallest absolute Gasteiger partial charge is 0.222 e. The van der Waals surface area contributed by atoms with Crippen molar-refractivity contribution in [3.8, 4) is 11.3 Å². The monoisotopic (exact) mass is 294 g/mol. The summed E-state index contributed by atoms with van der Waals surface area (Å²) in [5.74, 6) is 0.786. The van der Waals surface area contributed by atoms with Crippen molar-refractivity contribution in [3.63, 3.8) is 0 Å². The molecule has 0 unspecified atom stereocenters. The molecule has 3 rings (SSSR count). The summed E-state index contributed by atoms with van der Waals surface area (Å²) in [4.78, 5) is 0. The summed E-state index contributed by atoms with van der Waals surface area (Å²) in [7, 11) is 0. The molecule has 3 nitrogen and oxygen atoms in total. The molecule has 0 fully saturated rings. The van der Waals surface area contributed by atoms with Crippen molar-refractivity contribution in [1.82, 2.24) is 9.61 Å². The SMILES string of the molecule is CCc1cc2oc(C)c(-c3ccc(Cl)cc3Cl)n2n1. The molecule has 2 aromatic heterocycles. The van der Waals surface area contributed by atoms with Crippen molar-refractivity contribution in [2.45, 2.75) is 20.3 Å². The Morgan fingerprint density at radius 1 is 1.26 bits per heavy atom. The predicted molar refractivity (Wildman–Crippen MR) is 77.0 cm³/mol. The van der Waals surface area contributed by atoms with E-state index in [-0.39, 0.29) is 0 Å². The van der Waals surface area contributed by atoms with E-state index in [0.29, 0.717) is 10.0 Å². The Bertz CT molecular complexity index is 758. The van der Waals surface area contributed by atoms with Gasteiger partial charge in [-0.1, -0.05) is 30.1 Å². The van der Waals surface area contributed by atoms with Crippen molar-refractivity contribution in [2.75, 3.05) is 0 Å². The molecule has 0 N–H and O–H groups in total. The number of oxazole rings is 1. The quantitative estimate of drug-likeness (QED) is 0.681. The van der Waals surface area contributed by atoms with Crippen LogP contribution in [0.4, 0.5) is 0 Å². The van der Waals surface area contributed by atoms with Gasteiger partial charge in [0.05, 0.1) is 10.7 Å². The van der Waals surface area contributed by atoms with Gasteiger partial charge in [0.1, 0.15) is 11.5 Å². The highest BCUT2D eigenvalue weighted by Crippen LogP contribution is 2.34. The first kappa shape index (κ1) is 12.6. The van der Waals surface area contributed by atoms with Gasteiger partial charge in [-0.25, -0.2) is 0 Å². The number of aromatic nitrogens is 2. The number of hydrogen-bond donors (Lipinski definition) is 0. The maximum atomic E-state index is 6.27. The molecule has 0 saturated carbocycles. The van der Waals surface area contributed by atoms with Crippen LogP contribution >= 0.6 is 23.2 Å². The molecule has 0 aliphatic heterocycles. The van der Waals surface area contributed by atoms with Gasteiger partial charge in [0.25, 0.3) is 0 Å². The Morgan fingerprint density at radius 2 is 2.05 bits per heavy atom. The van der Waals surface area contributed by atoms with E-state index < -0.39 is 0 Å². The fourth-order valence-electron chi connectivity index (χ4n) is 2.16. The van der Waals surface area contributed by atoms with Crippen molar-refractivity contribution in [2.24, 2.45) is 0 Å². The lowest BCUT2D eigenvalue weighted by molar-refractivity contribution is 0.573. The fourth-order valence-corrected chi connectivity index (χ4v) is 2.65. The van der Waals surface area contributed by atoms with Crippen molar-refractivity contribution in [1.29, 1.82) is 0 Å². The summed E-state index contributed by atoms with van der Waals surface area (Å²) >= 11 is 12.2. The molecule has 5 heteroatoms. The molecule has 1 aromatic carbocycles. The van der Waals surface area contributed by atoms with E-state index in [9.17, 15) is 0 Å². The number of halogens is 2. The van der Waals surface area contributed by atoms with Crippen LogP contribution in [0.3, 0.4) is 0 Å². The Balaban J connectivity index is 2.28. The van der Waals surface area contributed by atoms with Gasteiger partial charge in [-0.15, -0.1) is 0 Å².